The molecule has 0 radical (unpaired) electrons. The number of hydrogen-bond acceptors (Lipinski definition) is 18. The second kappa shape index (κ2) is 38.6. The van der Waals surface area contributed by atoms with Crippen molar-refractivity contribution in [3.05, 3.63) is 189 Å². The van der Waals surface area contributed by atoms with Gasteiger partial charge in [-0.05, 0) is 152 Å². The van der Waals surface area contributed by atoms with Crippen LogP contribution < -0.4 is 58.4 Å². The van der Waals surface area contributed by atoms with Gasteiger partial charge in [-0.25, -0.2) is 0 Å². The van der Waals surface area contributed by atoms with E-state index in [0.29, 0.717) is 17.1 Å². The van der Waals surface area contributed by atoms with Crippen molar-refractivity contribution in [1.82, 2.24) is 15.1 Å². The number of nitrogens with two attached hydrogens (primary N) is 1. The Bertz CT molecular complexity index is 3070. The zero-order valence-corrected chi connectivity index (χ0v) is 51.1. The highest BCUT2D eigenvalue weighted by Crippen LogP contribution is 2.31. The first-order chi connectivity index (χ1) is 40.6. The molecule has 7 aromatic carbocycles. The normalized spacial score (nSPS) is 10.3. The molecule has 0 fully saturated rings. The molecule has 7 rings (SSSR count). The predicted molar refractivity (Wildman–Crippen MR) is 333 cm³/mol. The number of likely N-dealkylation sites (N-methyl/N-ethyl adjacent to an activating group) is 2. The maximum absolute atomic E-state index is 10.7. The Morgan fingerprint density at radius 3 is 1.14 bits per heavy atom. The van der Waals surface area contributed by atoms with E-state index in [4.69, 9.17) is 53.1 Å². The molecule has 19 nitrogen and oxygen atoms in total. The number of non-ortho nitro benzene ring substituents is 1. The summed E-state index contributed by atoms with van der Waals surface area (Å²) in [7, 11) is 24.0. The Balaban J connectivity index is 0.000000284. The first-order valence-corrected chi connectivity index (χ1v) is 26.6. The molecule has 0 aliphatic carbocycles. The SMILES string of the molecule is CN=Cc1ccc(OC)c(OC)c1.CNCc1ccc(OC)c(OC)c1.COc1ccc(C=O)cc1OC.COc1ccc(CN(C)CCc2ccc(N)cc2)cc1OC.COc1ccc(CN(C)CCc2ccc([N+](=O)[O-])cc2)cc1OC. The molecule has 0 aliphatic heterocycles. The Kier molecular flexibility index (Phi) is 31.8. The smallest absolute Gasteiger partial charge is 0.269 e. The van der Waals surface area contributed by atoms with E-state index in [2.05, 4.69) is 45.4 Å². The van der Waals surface area contributed by atoms with Crippen LogP contribution in [0.4, 0.5) is 11.4 Å². The summed E-state index contributed by atoms with van der Waals surface area (Å²) in [5.41, 5.74) is 14.1. The number of nitro groups is 1. The minimum atomic E-state index is -0.382. The number of nitrogens with one attached hydrogen (secondary N) is 1. The van der Waals surface area contributed by atoms with E-state index in [-0.39, 0.29) is 10.6 Å². The van der Waals surface area contributed by atoms with Gasteiger partial charge in [-0.1, -0.05) is 42.5 Å². The maximum atomic E-state index is 10.7. The van der Waals surface area contributed by atoms with Gasteiger partial charge in [0.25, 0.3) is 5.69 Å². The number of benzene rings is 7. The summed E-state index contributed by atoms with van der Waals surface area (Å²) in [4.78, 5) is 29.1. The Labute approximate surface area is 495 Å². The first kappa shape index (κ1) is 69.2. The third-order valence-electron chi connectivity index (χ3n) is 12.6. The van der Waals surface area contributed by atoms with Crippen LogP contribution in [0, 0.1) is 10.1 Å². The van der Waals surface area contributed by atoms with Crippen LogP contribution in [0.15, 0.2) is 145 Å². The number of nitrogen functional groups attached to an aromatic ring is 1. The Hall–Kier alpha value is -9.04. The molecule has 7 aromatic rings. The Morgan fingerprint density at radius 1 is 0.464 bits per heavy atom. The van der Waals surface area contributed by atoms with E-state index in [1.165, 1.54) is 23.8 Å². The van der Waals surface area contributed by atoms with Crippen LogP contribution >= 0.6 is 0 Å². The van der Waals surface area contributed by atoms with E-state index in [0.717, 1.165) is 120 Å². The number of carbonyl (C=O) groups excluding carboxylic acids is 1. The molecule has 0 unspecified atom stereocenters. The molecule has 19 heteroatoms. The summed E-state index contributed by atoms with van der Waals surface area (Å²) >= 11 is 0. The van der Waals surface area contributed by atoms with Crippen molar-refractivity contribution in [2.24, 2.45) is 4.99 Å². The van der Waals surface area contributed by atoms with Gasteiger partial charge in [-0.15, -0.1) is 0 Å². The molecule has 0 saturated heterocycles. The number of nitro benzene ring substituents is 1. The fraction of sp³-hybridized carbons (Fsp3) is 0.323. The predicted octanol–water partition coefficient (Wildman–Crippen LogP) is 10.9. The lowest BCUT2D eigenvalue weighted by molar-refractivity contribution is -0.384. The van der Waals surface area contributed by atoms with Gasteiger partial charge in [-0.2, -0.15) is 0 Å². The average Bonchev–Trinajstić information content (AvgIpc) is 3.55. The average molecular weight is 1160 g/mol. The van der Waals surface area contributed by atoms with Crippen molar-refractivity contribution in [1.29, 1.82) is 0 Å². The van der Waals surface area contributed by atoms with Crippen LogP contribution in [0.2, 0.25) is 0 Å². The van der Waals surface area contributed by atoms with Gasteiger partial charge in [0.05, 0.1) is 76.0 Å². The minimum absolute atomic E-state index is 0.123. The van der Waals surface area contributed by atoms with Crippen LogP contribution in [0.3, 0.4) is 0 Å². The lowest BCUT2D eigenvalue weighted by atomic mass is 10.1. The summed E-state index contributed by atoms with van der Waals surface area (Å²) in [6.07, 6.45) is 4.37. The van der Waals surface area contributed by atoms with E-state index in [1.807, 2.05) is 105 Å². The highest BCUT2D eigenvalue weighted by Gasteiger charge is 2.11. The van der Waals surface area contributed by atoms with Crippen molar-refractivity contribution in [3.63, 3.8) is 0 Å². The minimum Gasteiger partial charge on any atom is -0.493 e. The first-order valence-electron chi connectivity index (χ1n) is 26.6. The number of aldehydes is 1. The fourth-order valence-electron chi connectivity index (χ4n) is 8.05. The van der Waals surface area contributed by atoms with Gasteiger partial charge >= 0.3 is 0 Å². The largest absolute Gasteiger partial charge is 0.493 e. The number of ether oxygens (including phenoxy) is 10. The molecule has 0 heterocycles. The number of methoxy groups -OCH3 is 10. The summed E-state index contributed by atoms with van der Waals surface area (Å²) in [6, 6.07) is 43.3. The Morgan fingerprint density at radius 2 is 0.786 bits per heavy atom. The van der Waals surface area contributed by atoms with Crippen molar-refractivity contribution in [2.75, 3.05) is 118 Å². The monoisotopic (exact) mass is 1160 g/mol. The zero-order valence-electron chi connectivity index (χ0n) is 51.1. The number of nitrogens with zero attached hydrogens (tertiary/aromatic N) is 4. The van der Waals surface area contributed by atoms with Gasteiger partial charge in [0.1, 0.15) is 6.29 Å². The third-order valence-corrected chi connectivity index (χ3v) is 12.6. The molecule has 0 bridgehead atoms. The van der Waals surface area contributed by atoms with Gasteiger partial charge in [-0.3, -0.25) is 19.9 Å². The number of carbonyl (C=O) groups is 1. The van der Waals surface area contributed by atoms with E-state index >= 15 is 0 Å². The highest BCUT2D eigenvalue weighted by atomic mass is 16.6. The summed E-state index contributed by atoms with van der Waals surface area (Å²) in [5, 5.41) is 13.7. The van der Waals surface area contributed by atoms with Gasteiger partial charge in [0.2, 0.25) is 0 Å². The molecule has 0 aromatic heterocycles. The standard InChI is InChI=1S/C18H22N2O4.C18H24N2O2.C10H15NO2.C10H13NO2.C9H10O3/c1-19(11-10-14-4-7-16(8-5-14)20(21)22)13-15-6-9-17(23-2)18(12-15)24-3;1-20(11-10-14-4-7-16(19)8-5-14)13-15-6-9-17(21-2)18(12-15)22-3;2*1-11-7-8-4-5-9(12-2)10(6-8)13-3;1-11-8-4-3-7(6-10)5-9(8)12-2/h4-9,12H,10-11,13H2,1-3H3;4-9,12H,10-11,13,19H2,1-3H3;4-6,11H,7H2,1-3H3;4-7H,1-3H3;3-6H,1-2H3. The molecule has 0 saturated carbocycles. The van der Waals surface area contributed by atoms with Crippen molar-refractivity contribution >= 4 is 23.9 Å². The molecule has 84 heavy (non-hydrogen) atoms. The molecule has 0 amide bonds. The van der Waals surface area contributed by atoms with E-state index in [9.17, 15) is 14.9 Å². The van der Waals surface area contributed by atoms with Crippen molar-refractivity contribution < 1.29 is 57.1 Å². The summed E-state index contributed by atoms with van der Waals surface area (Å²) < 4.78 is 51.7. The molecule has 0 spiro atoms. The number of hydrogen-bond donors (Lipinski definition) is 2. The quantitative estimate of drug-likeness (QED) is 0.0179. The summed E-state index contributed by atoms with van der Waals surface area (Å²) in [6.45, 7) is 4.33. The van der Waals surface area contributed by atoms with Gasteiger partial charge < -0.3 is 68.2 Å². The molecule has 0 atom stereocenters. The third kappa shape index (κ3) is 23.8. The van der Waals surface area contributed by atoms with Crippen molar-refractivity contribution in [3.8, 4) is 57.5 Å². The number of aliphatic imine (C=N–C) groups is 1. The van der Waals surface area contributed by atoms with Crippen LogP contribution in [-0.4, -0.2) is 140 Å². The van der Waals surface area contributed by atoms with Crippen LogP contribution in [0.1, 0.15) is 43.7 Å². The second-order valence-corrected chi connectivity index (χ2v) is 18.5. The summed E-state index contributed by atoms with van der Waals surface area (Å²) in [5.74, 6) is 7.16. The highest BCUT2D eigenvalue weighted by molar-refractivity contribution is 5.80. The van der Waals surface area contributed by atoms with Gasteiger partial charge in [0.15, 0.2) is 57.5 Å². The lowest BCUT2D eigenvalue weighted by Gasteiger charge is -2.18. The maximum Gasteiger partial charge on any atom is 0.269 e. The van der Waals surface area contributed by atoms with Gasteiger partial charge in [0, 0.05) is 69.4 Å². The molecule has 0 aliphatic rings. The lowest BCUT2D eigenvalue weighted by Crippen LogP contribution is -2.20. The van der Waals surface area contributed by atoms with Crippen LogP contribution in [0.5, 0.6) is 57.5 Å². The zero-order chi connectivity index (χ0) is 61.8. The van der Waals surface area contributed by atoms with Crippen LogP contribution in [-0.2, 0) is 32.5 Å². The second-order valence-electron chi connectivity index (χ2n) is 18.5. The van der Waals surface area contributed by atoms with E-state index in [1.54, 1.807) is 108 Å². The molecule has 3 N–H and O–H groups in total. The fourth-order valence-corrected chi connectivity index (χ4v) is 8.05. The molecule has 452 valence electrons. The van der Waals surface area contributed by atoms with Crippen molar-refractivity contribution in [2.45, 2.75) is 32.5 Å². The topological polar surface area (TPSA) is 209 Å². The number of anilines is 1. The van der Waals surface area contributed by atoms with E-state index < -0.39 is 0 Å². The molecular formula is C65H84N6O13. The number of rotatable bonds is 25. The molecular weight excluding hydrogens is 1070 g/mol. The van der Waals surface area contributed by atoms with Crippen LogP contribution in [0.25, 0.3) is 0 Å².